The largest absolute Gasteiger partial charge is 0.409 e. The summed E-state index contributed by atoms with van der Waals surface area (Å²) in [5.74, 6) is -0.155. The van der Waals surface area contributed by atoms with Crippen molar-refractivity contribution < 1.29 is 4.79 Å². The topological polar surface area (TPSA) is 29.1 Å². The summed E-state index contributed by atoms with van der Waals surface area (Å²) in [5.41, 5.74) is 0.621. The van der Waals surface area contributed by atoms with Crippen molar-refractivity contribution in [2.24, 2.45) is 0 Å². The Bertz CT molecular complexity index is 252. The van der Waals surface area contributed by atoms with Gasteiger partial charge in [0.05, 0.1) is 0 Å². The fourth-order valence-electron chi connectivity index (χ4n) is 0.797. The van der Waals surface area contributed by atoms with E-state index in [4.69, 9.17) is 7.74 Å². The highest BCUT2D eigenvalue weighted by Crippen LogP contribution is 1.96. The average Bonchev–Trinajstić information content (AvgIpc) is 2.15. The third kappa shape index (κ3) is 2.49. The van der Waals surface area contributed by atoms with Crippen LogP contribution in [-0.2, 0) is 0 Å². The molecule has 0 saturated heterocycles. The Labute approximate surface area is 74.6 Å². The van der Waals surface area contributed by atoms with Crippen molar-refractivity contribution >= 4 is 28.0 Å². The van der Waals surface area contributed by atoms with Crippen molar-refractivity contribution in [1.82, 2.24) is 5.23 Å². The van der Waals surface area contributed by atoms with Gasteiger partial charge in [0.15, 0.2) is 7.31 Å². The summed E-state index contributed by atoms with van der Waals surface area (Å²) < 4.78 is 0. The Kier molecular flexibility index (Phi) is 3.52. The van der Waals surface area contributed by atoms with Gasteiger partial charge in [-0.3, -0.25) is 4.79 Å². The zero-order valence-corrected chi connectivity index (χ0v) is 6.53. The molecule has 1 amide bonds. The summed E-state index contributed by atoms with van der Waals surface area (Å²) in [4.78, 5) is 11.2. The third-order valence-electron chi connectivity index (χ3n) is 1.35. The van der Waals surface area contributed by atoms with Crippen molar-refractivity contribution in [1.29, 1.82) is 0 Å². The SMILES string of the molecule is [B][B][B]NC(=O)c1ccccc1. The van der Waals surface area contributed by atoms with Crippen LogP contribution in [0.25, 0.3) is 0 Å². The van der Waals surface area contributed by atoms with Crippen LogP contribution in [0.5, 0.6) is 0 Å². The first-order chi connectivity index (χ1) is 5.84. The molecule has 0 aliphatic carbocycles. The maximum absolute atomic E-state index is 11.2. The third-order valence-corrected chi connectivity index (χ3v) is 1.35. The lowest BCUT2D eigenvalue weighted by Crippen LogP contribution is -2.31. The van der Waals surface area contributed by atoms with Crippen molar-refractivity contribution in [3.63, 3.8) is 0 Å². The molecule has 0 spiro atoms. The highest BCUT2D eigenvalue weighted by Gasteiger charge is 2.01. The van der Waals surface area contributed by atoms with Gasteiger partial charge in [0.2, 0.25) is 5.91 Å². The van der Waals surface area contributed by atoms with E-state index in [0.29, 0.717) is 5.56 Å². The van der Waals surface area contributed by atoms with Gasteiger partial charge in [0, 0.05) is 20.4 Å². The van der Waals surface area contributed by atoms with E-state index in [2.05, 4.69) is 5.23 Å². The lowest BCUT2D eigenvalue weighted by atomic mass is 9.33. The van der Waals surface area contributed by atoms with Crippen LogP contribution >= 0.6 is 0 Å². The van der Waals surface area contributed by atoms with Crippen LogP contribution in [0.4, 0.5) is 0 Å². The minimum atomic E-state index is -0.155. The maximum Gasteiger partial charge on any atom is 0.238 e. The number of rotatable bonds is 3. The number of benzene rings is 1. The van der Waals surface area contributed by atoms with Gasteiger partial charge in [0.25, 0.3) is 0 Å². The molecule has 0 saturated carbocycles. The fraction of sp³-hybridized carbons (Fsp3) is 0. The Morgan fingerprint density at radius 1 is 1.33 bits per heavy atom. The molecule has 5 heteroatoms. The second kappa shape index (κ2) is 4.70. The summed E-state index contributed by atoms with van der Waals surface area (Å²) in [6.07, 6.45) is 0. The van der Waals surface area contributed by atoms with E-state index in [1.807, 2.05) is 6.07 Å². The van der Waals surface area contributed by atoms with Gasteiger partial charge < -0.3 is 5.23 Å². The molecule has 4 radical (unpaired) electrons. The second-order valence-electron chi connectivity index (χ2n) is 2.20. The number of nitrogens with one attached hydrogen (secondary N) is 1. The van der Waals surface area contributed by atoms with Crippen molar-refractivity contribution in [3.8, 4) is 0 Å². The van der Waals surface area contributed by atoms with Gasteiger partial charge in [-0.2, -0.15) is 0 Å². The molecule has 1 aromatic carbocycles. The van der Waals surface area contributed by atoms with E-state index in [1.165, 1.54) is 14.4 Å². The highest BCUT2D eigenvalue weighted by atomic mass is 16.1. The van der Waals surface area contributed by atoms with E-state index in [-0.39, 0.29) is 5.91 Å². The molecule has 0 heterocycles. The molecule has 12 heavy (non-hydrogen) atoms. The summed E-state index contributed by atoms with van der Waals surface area (Å²) in [7, 11) is 7.74. The molecule has 0 unspecified atom stereocenters. The molecule has 2 nitrogen and oxygen atoms in total. The molecule has 1 rings (SSSR count). The van der Waals surface area contributed by atoms with Crippen molar-refractivity contribution in [3.05, 3.63) is 35.9 Å². The van der Waals surface area contributed by atoms with Crippen LogP contribution in [0.1, 0.15) is 10.4 Å². The summed E-state index contributed by atoms with van der Waals surface area (Å²) in [6.45, 7) is 0. The van der Waals surface area contributed by atoms with E-state index in [1.54, 1.807) is 24.3 Å². The van der Waals surface area contributed by atoms with Crippen LogP contribution in [0.2, 0.25) is 0 Å². The van der Waals surface area contributed by atoms with Gasteiger partial charge in [-0.15, -0.1) is 0 Å². The van der Waals surface area contributed by atoms with Crippen LogP contribution in [-0.4, -0.2) is 28.0 Å². The molecule has 1 N–H and O–H groups in total. The van der Waals surface area contributed by atoms with Crippen LogP contribution in [0.3, 0.4) is 0 Å². The Hall–Kier alpha value is -1.12. The summed E-state index contributed by atoms with van der Waals surface area (Å²) >= 11 is 0. The fourth-order valence-corrected chi connectivity index (χ4v) is 0.797. The highest BCUT2D eigenvalue weighted by molar-refractivity contribution is 7.23. The van der Waals surface area contributed by atoms with E-state index in [9.17, 15) is 4.79 Å². The monoisotopic (exact) mass is 153 g/mol. The maximum atomic E-state index is 11.2. The molecular weight excluding hydrogens is 147 g/mol. The van der Waals surface area contributed by atoms with E-state index >= 15 is 0 Å². The van der Waals surface area contributed by atoms with Crippen LogP contribution in [0, 0.1) is 0 Å². The van der Waals surface area contributed by atoms with Gasteiger partial charge >= 0.3 is 0 Å². The Balaban J connectivity index is 2.54. The lowest BCUT2D eigenvalue weighted by molar-refractivity contribution is 0.0981. The molecule has 0 aliphatic heterocycles. The molecule has 0 fully saturated rings. The predicted molar refractivity (Wildman–Crippen MR) is 51.2 cm³/mol. The van der Waals surface area contributed by atoms with Gasteiger partial charge in [-0.25, -0.2) is 0 Å². The van der Waals surface area contributed by atoms with E-state index < -0.39 is 0 Å². The number of hydrogen-bond acceptors (Lipinski definition) is 1. The standard InChI is InChI=1S/C7H6B3NO/c8-9-10-11-7(12)6-4-2-1-3-5-6/h1-5H,(H,11,12). The van der Waals surface area contributed by atoms with E-state index in [0.717, 1.165) is 0 Å². The zero-order chi connectivity index (χ0) is 8.81. The first-order valence-electron chi connectivity index (χ1n) is 3.57. The molecule has 0 aliphatic rings. The minimum absolute atomic E-state index is 0.155. The second-order valence-corrected chi connectivity index (χ2v) is 2.20. The average molecular weight is 153 g/mol. The normalized spacial score (nSPS) is 8.67. The number of hydrogen-bond donors (Lipinski definition) is 1. The Morgan fingerprint density at radius 2 is 2.00 bits per heavy atom. The zero-order valence-electron chi connectivity index (χ0n) is 6.53. The molecule has 0 atom stereocenters. The molecule has 54 valence electrons. The van der Waals surface area contributed by atoms with Gasteiger partial charge in [0.1, 0.15) is 0 Å². The quantitative estimate of drug-likeness (QED) is 0.594. The number of carbonyl (C=O) groups is 1. The van der Waals surface area contributed by atoms with Crippen molar-refractivity contribution in [2.45, 2.75) is 0 Å². The Morgan fingerprint density at radius 3 is 2.58 bits per heavy atom. The summed E-state index contributed by atoms with van der Waals surface area (Å²) in [5, 5.41) is 2.50. The van der Waals surface area contributed by atoms with Crippen LogP contribution in [0.15, 0.2) is 30.3 Å². The van der Waals surface area contributed by atoms with Crippen LogP contribution < -0.4 is 5.23 Å². The molecular formula is C7H6B3NO. The first-order valence-corrected chi connectivity index (χ1v) is 3.57. The summed E-state index contributed by atoms with van der Waals surface area (Å²) in [6, 6.07) is 8.94. The van der Waals surface area contributed by atoms with Gasteiger partial charge in [-0.05, 0) is 12.1 Å². The molecule has 0 bridgehead atoms. The predicted octanol–water partition coefficient (Wildman–Crippen LogP) is -0.262. The smallest absolute Gasteiger partial charge is 0.238 e. The lowest BCUT2D eigenvalue weighted by Gasteiger charge is -2.00. The number of amides is 1. The molecule has 1 aromatic rings. The molecule has 0 aromatic heterocycles. The minimum Gasteiger partial charge on any atom is -0.409 e. The van der Waals surface area contributed by atoms with Gasteiger partial charge in [-0.1, -0.05) is 18.2 Å². The number of carbonyl (C=O) groups excluding carboxylic acids is 1. The first kappa shape index (κ1) is 8.98. The van der Waals surface area contributed by atoms with Crippen molar-refractivity contribution in [2.75, 3.05) is 0 Å².